The molecule has 0 aliphatic carbocycles. The molecule has 1 aromatic rings. The van der Waals surface area contributed by atoms with Gasteiger partial charge in [0.25, 0.3) is 0 Å². The van der Waals surface area contributed by atoms with Crippen molar-refractivity contribution in [3.05, 3.63) is 35.9 Å². The minimum atomic E-state index is -0.710. The van der Waals surface area contributed by atoms with E-state index in [0.29, 0.717) is 0 Å². The number of benzene rings is 1. The van der Waals surface area contributed by atoms with E-state index in [1.54, 1.807) is 0 Å². The van der Waals surface area contributed by atoms with E-state index in [1.807, 2.05) is 25.1 Å². The van der Waals surface area contributed by atoms with Crippen LogP contribution in [0.5, 0.6) is 0 Å². The maximum atomic E-state index is 11.3. The van der Waals surface area contributed by atoms with Gasteiger partial charge in [-0.1, -0.05) is 37.3 Å². The number of carbonyl (C=O) groups is 1. The van der Waals surface area contributed by atoms with Gasteiger partial charge in [-0.2, -0.15) is 0 Å². The fraction of sp³-hybridized carbons (Fsp3) is 0.533. The molecule has 19 heavy (non-hydrogen) atoms. The summed E-state index contributed by atoms with van der Waals surface area (Å²) in [5.41, 5.74) is 1.25. The molecule has 0 radical (unpaired) electrons. The molecule has 1 heterocycles. The predicted molar refractivity (Wildman–Crippen MR) is 74.9 cm³/mol. The Balaban J connectivity index is 2.09. The van der Waals surface area contributed by atoms with E-state index in [-0.39, 0.29) is 12.0 Å². The predicted octanol–water partition coefficient (Wildman–Crippen LogP) is 1.52. The lowest BCUT2D eigenvalue weighted by molar-refractivity contribution is -0.144. The van der Waals surface area contributed by atoms with Crippen LogP contribution in [0.4, 0.5) is 0 Å². The van der Waals surface area contributed by atoms with E-state index in [2.05, 4.69) is 29.0 Å². The molecule has 1 aliphatic rings. The van der Waals surface area contributed by atoms with Crippen LogP contribution in [0.1, 0.15) is 12.5 Å². The van der Waals surface area contributed by atoms with E-state index in [1.165, 1.54) is 5.56 Å². The molecule has 0 amide bonds. The molecule has 1 aromatic carbocycles. The Morgan fingerprint density at radius 3 is 2.68 bits per heavy atom. The second-order valence-electron chi connectivity index (χ2n) is 5.41. The highest BCUT2D eigenvalue weighted by Gasteiger charge is 2.33. The van der Waals surface area contributed by atoms with Crippen molar-refractivity contribution in [1.82, 2.24) is 9.80 Å². The fourth-order valence-corrected chi connectivity index (χ4v) is 2.64. The highest BCUT2D eigenvalue weighted by molar-refractivity contribution is 5.70. The van der Waals surface area contributed by atoms with E-state index in [4.69, 9.17) is 0 Å². The zero-order valence-electron chi connectivity index (χ0n) is 11.6. The van der Waals surface area contributed by atoms with Crippen LogP contribution in [-0.2, 0) is 11.3 Å². The van der Waals surface area contributed by atoms with E-state index in [0.717, 1.165) is 26.2 Å². The molecule has 4 heteroatoms. The second kappa shape index (κ2) is 6.17. The molecule has 104 valence electrons. The maximum Gasteiger partial charge on any atom is 0.307 e. The lowest BCUT2D eigenvalue weighted by Crippen LogP contribution is -2.55. The first-order chi connectivity index (χ1) is 9.08. The van der Waals surface area contributed by atoms with Gasteiger partial charge in [-0.25, -0.2) is 0 Å². The number of rotatable bonds is 4. The Labute approximate surface area is 114 Å². The van der Waals surface area contributed by atoms with Crippen molar-refractivity contribution >= 4 is 5.97 Å². The van der Waals surface area contributed by atoms with Crippen LogP contribution in [0.3, 0.4) is 0 Å². The third-order valence-electron chi connectivity index (χ3n) is 3.93. The number of nitrogens with zero attached hydrogens (tertiary/aromatic N) is 2. The number of hydrogen-bond acceptors (Lipinski definition) is 3. The molecule has 0 saturated carbocycles. The van der Waals surface area contributed by atoms with Gasteiger partial charge >= 0.3 is 5.97 Å². The smallest absolute Gasteiger partial charge is 0.307 e. The molecular weight excluding hydrogens is 240 g/mol. The van der Waals surface area contributed by atoms with Gasteiger partial charge in [0, 0.05) is 32.2 Å². The Hall–Kier alpha value is -1.39. The number of piperazine rings is 1. The summed E-state index contributed by atoms with van der Waals surface area (Å²) in [6.07, 6.45) is 0. The molecule has 2 atom stereocenters. The lowest BCUT2D eigenvalue weighted by Gasteiger charge is -2.41. The Morgan fingerprint density at radius 2 is 2.05 bits per heavy atom. The van der Waals surface area contributed by atoms with Crippen molar-refractivity contribution in [3.63, 3.8) is 0 Å². The normalized spacial score (nSPS) is 23.2. The zero-order valence-corrected chi connectivity index (χ0v) is 11.6. The molecular formula is C15H22N2O2. The van der Waals surface area contributed by atoms with Crippen LogP contribution >= 0.6 is 0 Å². The third-order valence-corrected chi connectivity index (χ3v) is 3.93. The largest absolute Gasteiger partial charge is 0.481 e. The van der Waals surface area contributed by atoms with Gasteiger partial charge in [0.1, 0.15) is 0 Å². The molecule has 1 aliphatic heterocycles. The SMILES string of the molecule is CC(C(=O)O)C1CN(C)CCN1Cc1ccccc1. The van der Waals surface area contributed by atoms with Crippen molar-refractivity contribution in [2.75, 3.05) is 26.7 Å². The summed E-state index contributed by atoms with van der Waals surface area (Å²) in [6.45, 7) is 5.38. The van der Waals surface area contributed by atoms with Gasteiger partial charge in [0.05, 0.1) is 5.92 Å². The molecule has 1 saturated heterocycles. The zero-order chi connectivity index (χ0) is 13.8. The Morgan fingerprint density at radius 1 is 1.37 bits per heavy atom. The van der Waals surface area contributed by atoms with E-state index >= 15 is 0 Å². The first kappa shape index (κ1) is 14.0. The van der Waals surface area contributed by atoms with Gasteiger partial charge in [-0.15, -0.1) is 0 Å². The van der Waals surface area contributed by atoms with Crippen LogP contribution < -0.4 is 0 Å². The molecule has 0 bridgehead atoms. The average Bonchev–Trinajstić information content (AvgIpc) is 2.41. The quantitative estimate of drug-likeness (QED) is 0.893. The van der Waals surface area contributed by atoms with Gasteiger partial charge in [0.15, 0.2) is 0 Å². The maximum absolute atomic E-state index is 11.3. The summed E-state index contributed by atoms with van der Waals surface area (Å²) in [5, 5.41) is 9.26. The molecule has 0 spiro atoms. The summed E-state index contributed by atoms with van der Waals surface area (Å²) in [7, 11) is 2.06. The molecule has 1 fully saturated rings. The first-order valence-corrected chi connectivity index (χ1v) is 6.77. The molecule has 2 unspecified atom stereocenters. The molecule has 1 N–H and O–H groups in total. The first-order valence-electron chi connectivity index (χ1n) is 6.77. The number of likely N-dealkylation sites (N-methyl/N-ethyl adjacent to an activating group) is 1. The minimum Gasteiger partial charge on any atom is -0.481 e. The topological polar surface area (TPSA) is 43.8 Å². The second-order valence-corrected chi connectivity index (χ2v) is 5.41. The van der Waals surface area contributed by atoms with Crippen LogP contribution in [0.25, 0.3) is 0 Å². The van der Waals surface area contributed by atoms with Crippen LogP contribution in [-0.4, -0.2) is 53.6 Å². The van der Waals surface area contributed by atoms with E-state index < -0.39 is 5.97 Å². The summed E-state index contributed by atoms with van der Waals surface area (Å²) in [5.74, 6) is -1.05. The van der Waals surface area contributed by atoms with Crippen LogP contribution in [0.15, 0.2) is 30.3 Å². The Kier molecular flexibility index (Phi) is 4.56. The van der Waals surface area contributed by atoms with Gasteiger partial charge in [0.2, 0.25) is 0 Å². The van der Waals surface area contributed by atoms with E-state index in [9.17, 15) is 9.90 Å². The number of aliphatic carboxylic acids is 1. The molecule has 2 rings (SSSR count). The third kappa shape index (κ3) is 3.55. The van der Waals surface area contributed by atoms with Gasteiger partial charge in [-0.3, -0.25) is 9.69 Å². The summed E-state index contributed by atoms with van der Waals surface area (Å²) < 4.78 is 0. The van der Waals surface area contributed by atoms with Crippen LogP contribution in [0, 0.1) is 5.92 Å². The van der Waals surface area contributed by atoms with Crippen molar-refractivity contribution in [1.29, 1.82) is 0 Å². The highest BCUT2D eigenvalue weighted by atomic mass is 16.4. The van der Waals surface area contributed by atoms with Crippen LogP contribution in [0.2, 0.25) is 0 Å². The monoisotopic (exact) mass is 262 g/mol. The summed E-state index contributed by atoms with van der Waals surface area (Å²) in [6, 6.07) is 10.3. The molecule has 0 aromatic heterocycles. The van der Waals surface area contributed by atoms with Crippen molar-refractivity contribution in [2.24, 2.45) is 5.92 Å². The minimum absolute atomic E-state index is 0.0801. The standard InChI is InChI=1S/C15H22N2O2/c1-12(15(18)19)14-11-16(2)8-9-17(14)10-13-6-4-3-5-7-13/h3-7,12,14H,8-11H2,1-2H3,(H,18,19). The lowest BCUT2D eigenvalue weighted by atomic mass is 9.97. The van der Waals surface area contributed by atoms with Gasteiger partial charge < -0.3 is 10.0 Å². The summed E-state index contributed by atoms with van der Waals surface area (Å²) in [4.78, 5) is 15.8. The number of carboxylic acid groups (broad SMARTS) is 1. The average molecular weight is 262 g/mol. The van der Waals surface area contributed by atoms with Crippen molar-refractivity contribution in [2.45, 2.75) is 19.5 Å². The summed E-state index contributed by atoms with van der Waals surface area (Å²) >= 11 is 0. The van der Waals surface area contributed by atoms with Crippen molar-refractivity contribution < 1.29 is 9.90 Å². The molecule has 4 nitrogen and oxygen atoms in total. The van der Waals surface area contributed by atoms with Crippen molar-refractivity contribution in [3.8, 4) is 0 Å². The number of carboxylic acids is 1. The number of hydrogen-bond donors (Lipinski definition) is 1. The highest BCUT2D eigenvalue weighted by Crippen LogP contribution is 2.19. The Bertz CT molecular complexity index is 421. The fourth-order valence-electron chi connectivity index (χ4n) is 2.64. The van der Waals surface area contributed by atoms with Gasteiger partial charge in [-0.05, 0) is 12.6 Å².